The SMILES string of the molecule is NCC(C(=O)NC1CCSCC1)c1ccccc1. The first-order valence-electron chi connectivity index (χ1n) is 6.44. The molecule has 0 bridgehead atoms. The van der Waals surface area contributed by atoms with Crippen molar-refractivity contribution in [3.8, 4) is 0 Å². The van der Waals surface area contributed by atoms with Crippen molar-refractivity contribution in [1.29, 1.82) is 0 Å². The van der Waals surface area contributed by atoms with Crippen LogP contribution in [0.5, 0.6) is 0 Å². The zero-order valence-electron chi connectivity index (χ0n) is 10.5. The summed E-state index contributed by atoms with van der Waals surface area (Å²) in [5, 5.41) is 3.14. The van der Waals surface area contributed by atoms with E-state index in [0.717, 1.165) is 29.9 Å². The Hall–Kier alpha value is -1.00. The second-order valence-corrected chi connectivity index (χ2v) is 5.82. The van der Waals surface area contributed by atoms with Gasteiger partial charge in [-0.25, -0.2) is 0 Å². The lowest BCUT2D eigenvalue weighted by Crippen LogP contribution is -2.41. The van der Waals surface area contributed by atoms with Crippen LogP contribution in [0.4, 0.5) is 0 Å². The summed E-state index contributed by atoms with van der Waals surface area (Å²) >= 11 is 1.96. The Kier molecular flexibility index (Phi) is 5.08. The van der Waals surface area contributed by atoms with Crippen molar-refractivity contribution in [3.05, 3.63) is 35.9 Å². The highest BCUT2D eigenvalue weighted by molar-refractivity contribution is 7.99. The van der Waals surface area contributed by atoms with Crippen LogP contribution in [0.2, 0.25) is 0 Å². The number of hydrogen-bond acceptors (Lipinski definition) is 3. The summed E-state index contributed by atoms with van der Waals surface area (Å²) < 4.78 is 0. The second kappa shape index (κ2) is 6.81. The van der Waals surface area contributed by atoms with Crippen LogP contribution in [-0.4, -0.2) is 30.0 Å². The van der Waals surface area contributed by atoms with Crippen LogP contribution in [0, 0.1) is 0 Å². The van der Waals surface area contributed by atoms with E-state index in [2.05, 4.69) is 5.32 Å². The maximum atomic E-state index is 12.2. The summed E-state index contributed by atoms with van der Waals surface area (Å²) in [6, 6.07) is 10.1. The Morgan fingerprint density at radius 1 is 1.33 bits per heavy atom. The van der Waals surface area contributed by atoms with Crippen molar-refractivity contribution in [1.82, 2.24) is 5.32 Å². The molecular weight excluding hydrogens is 244 g/mol. The van der Waals surface area contributed by atoms with E-state index in [9.17, 15) is 4.79 Å². The third-order valence-electron chi connectivity index (χ3n) is 3.32. The van der Waals surface area contributed by atoms with Gasteiger partial charge in [0, 0.05) is 12.6 Å². The highest BCUT2D eigenvalue weighted by Crippen LogP contribution is 2.19. The van der Waals surface area contributed by atoms with Gasteiger partial charge < -0.3 is 11.1 Å². The highest BCUT2D eigenvalue weighted by Gasteiger charge is 2.22. The van der Waals surface area contributed by atoms with E-state index in [1.54, 1.807) is 0 Å². The van der Waals surface area contributed by atoms with Gasteiger partial charge in [0.05, 0.1) is 5.92 Å². The molecule has 0 aromatic heterocycles. The van der Waals surface area contributed by atoms with E-state index in [0.29, 0.717) is 12.6 Å². The fourth-order valence-corrected chi connectivity index (χ4v) is 3.33. The van der Waals surface area contributed by atoms with E-state index in [1.165, 1.54) is 0 Å². The predicted molar refractivity (Wildman–Crippen MR) is 76.7 cm³/mol. The summed E-state index contributed by atoms with van der Waals surface area (Å²) in [5.74, 6) is 2.13. The predicted octanol–water partition coefficient (Wildman–Crippen LogP) is 1.74. The Morgan fingerprint density at radius 2 is 2.00 bits per heavy atom. The van der Waals surface area contributed by atoms with Gasteiger partial charge in [-0.05, 0) is 29.9 Å². The number of hydrogen-bond donors (Lipinski definition) is 2. The minimum Gasteiger partial charge on any atom is -0.353 e. The van der Waals surface area contributed by atoms with Crippen LogP contribution in [0.1, 0.15) is 24.3 Å². The smallest absolute Gasteiger partial charge is 0.229 e. The third-order valence-corrected chi connectivity index (χ3v) is 4.37. The number of carbonyl (C=O) groups is 1. The van der Waals surface area contributed by atoms with Gasteiger partial charge in [-0.3, -0.25) is 4.79 Å². The molecule has 0 radical (unpaired) electrons. The minimum atomic E-state index is -0.222. The Balaban J connectivity index is 1.97. The molecule has 0 spiro atoms. The number of carbonyl (C=O) groups excluding carboxylic acids is 1. The fraction of sp³-hybridized carbons (Fsp3) is 0.500. The van der Waals surface area contributed by atoms with E-state index in [1.807, 2.05) is 42.1 Å². The molecule has 3 nitrogen and oxygen atoms in total. The standard InChI is InChI=1S/C14H20N2OS/c15-10-13(11-4-2-1-3-5-11)14(17)16-12-6-8-18-9-7-12/h1-5,12-13H,6-10,15H2,(H,16,17). The summed E-state index contributed by atoms with van der Waals surface area (Å²) in [7, 11) is 0. The molecule has 1 aromatic rings. The molecule has 1 heterocycles. The first-order valence-corrected chi connectivity index (χ1v) is 7.60. The van der Waals surface area contributed by atoms with Gasteiger partial charge in [0.15, 0.2) is 0 Å². The summed E-state index contributed by atoms with van der Waals surface area (Å²) in [4.78, 5) is 12.2. The van der Waals surface area contributed by atoms with Crippen LogP contribution in [0.25, 0.3) is 0 Å². The summed E-state index contributed by atoms with van der Waals surface area (Å²) in [6.07, 6.45) is 2.14. The Bertz CT molecular complexity index is 377. The lowest BCUT2D eigenvalue weighted by atomic mass is 9.97. The molecule has 1 atom stereocenters. The second-order valence-electron chi connectivity index (χ2n) is 4.59. The van der Waals surface area contributed by atoms with Gasteiger partial charge in [0.25, 0.3) is 0 Å². The molecule has 1 aromatic carbocycles. The number of rotatable bonds is 4. The fourth-order valence-electron chi connectivity index (χ4n) is 2.22. The largest absolute Gasteiger partial charge is 0.353 e. The van der Waals surface area contributed by atoms with E-state index >= 15 is 0 Å². The lowest BCUT2D eigenvalue weighted by Gasteiger charge is -2.25. The average molecular weight is 264 g/mol. The first kappa shape index (κ1) is 13.4. The Morgan fingerprint density at radius 3 is 2.61 bits per heavy atom. The van der Waals surface area contributed by atoms with Gasteiger partial charge in [-0.1, -0.05) is 30.3 Å². The minimum absolute atomic E-state index is 0.0700. The topological polar surface area (TPSA) is 55.1 Å². The molecular formula is C14H20N2OS. The van der Waals surface area contributed by atoms with E-state index in [-0.39, 0.29) is 11.8 Å². The maximum absolute atomic E-state index is 12.2. The number of nitrogens with one attached hydrogen (secondary N) is 1. The molecule has 3 N–H and O–H groups in total. The first-order chi connectivity index (χ1) is 8.81. The molecule has 0 saturated carbocycles. The van der Waals surface area contributed by atoms with Crippen LogP contribution in [-0.2, 0) is 4.79 Å². The molecule has 2 rings (SSSR count). The van der Waals surface area contributed by atoms with Crippen molar-refractivity contribution < 1.29 is 4.79 Å². The van der Waals surface area contributed by atoms with Gasteiger partial charge in [-0.15, -0.1) is 0 Å². The number of nitrogens with two attached hydrogens (primary N) is 1. The molecule has 1 unspecified atom stereocenters. The highest BCUT2D eigenvalue weighted by atomic mass is 32.2. The van der Waals surface area contributed by atoms with Crippen LogP contribution in [0.15, 0.2) is 30.3 Å². The van der Waals surface area contributed by atoms with Crippen LogP contribution < -0.4 is 11.1 Å². The van der Waals surface area contributed by atoms with Crippen molar-refractivity contribution in [3.63, 3.8) is 0 Å². The van der Waals surface area contributed by atoms with Crippen LogP contribution >= 0.6 is 11.8 Å². The van der Waals surface area contributed by atoms with Gasteiger partial charge >= 0.3 is 0 Å². The van der Waals surface area contributed by atoms with Gasteiger partial charge in [0.2, 0.25) is 5.91 Å². The number of thioether (sulfide) groups is 1. The zero-order valence-corrected chi connectivity index (χ0v) is 11.3. The van der Waals surface area contributed by atoms with Gasteiger partial charge in [0.1, 0.15) is 0 Å². The molecule has 4 heteroatoms. The molecule has 1 saturated heterocycles. The lowest BCUT2D eigenvalue weighted by molar-refractivity contribution is -0.123. The monoisotopic (exact) mass is 264 g/mol. The summed E-state index contributed by atoms with van der Waals surface area (Å²) in [5.41, 5.74) is 6.75. The molecule has 1 fully saturated rings. The van der Waals surface area contributed by atoms with E-state index < -0.39 is 0 Å². The van der Waals surface area contributed by atoms with E-state index in [4.69, 9.17) is 5.73 Å². The third kappa shape index (κ3) is 3.50. The van der Waals surface area contributed by atoms with Crippen molar-refractivity contribution in [2.45, 2.75) is 24.8 Å². The summed E-state index contributed by atoms with van der Waals surface area (Å²) in [6.45, 7) is 0.358. The zero-order chi connectivity index (χ0) is 12.8. The molecule has 1 amide bonds. The molecule has 18 heavy (non-hydrogen) atoms. The normalized spacial score (nSPS) is 18.3. The Labute approximate surface area is 113 Å². The molecule has 1 aliphatic heterocycles. The molecule has 0 aliphatic carbocycles. The molecule has 1 aliphatic rings. The maximum Gasteiger partial charge on any atom is 0.229 e. The van der Waals surface area contributed by atoms with Crippen LogP contribution in [0.3, 0.4) is 0 Å². The quantitative estimate of drug-likeness (QED) is 0.871. The average Bonchev–Trinajstić information content (AvgIpc) is 2.42. The molecule has 98 valence electrons. The number of amides is 1. The van der Waals surface area contributed by atoms with Crippen molar-refractivity contribution >= 4 is 17.7 Å². The van der Waals surface area contributed by atoms with Crippen molar-refractivity contribution in [2.75, 3.05) is 18.1 Å². The number of benzene rings is 1. The van der Waals surface area contributed by atoms with Gasteiger partial charge in [-0.2, -0.15) is 11.8 Å². The van der Waals surface area contributed by atoms with Crippen molar-refractivity contribution in [2.24, 2.45) is 5.73 Å².